The molecule has 0 N–H and O–H groups in total. The van der Waals surface area contributed by atoms with Crippen molar-refractivity contribution in [3.63, 3.8) is 0 Å². The predicted octanol–water partition coefficient (Wildman–Crippen LogP) is 2.71. The number of benzene rings is 2. The van der Waals surface area contributed by atoms with Crippen molar-refractivity contribution in [2.24, 2.45) is 0 Å². The van der Waals surface area contributed by atoms with Gasteiger partial charge in [-0.15, -0.1) is 0 Å². The molecule has 1 aliphatic rings. The molecule has 3 rings (SSSR count). The number of carbonyl (C=O) groups excluding carboxylic acids is 1. The Morgan fingerprint density at radius 2 is 1.64 bits per heavy atom. The molecule has 6 nitrogen and oxygen atoms in total. The average molecular weight is 404 g/mol. The Hall–Kier alpha value is -2.54. The van der Waals surface area contributed by atoms with Crippen LogP contribution in [0.3, 0.4) is 0 Å². The van der Waals surface area contributed by atoms with Crippen LogP contribution in [0.2, 0.25) is 0 Å². The number of nitrogens with zero attached hydrogens (tertiary/aromatic N) is 1. The van der Waals surface area contributed by atoms with E-state index < -0.39 is 15.1 Å². The fraction of sp³-hybridized carbons (Fsp3) is 0.381. The lowest BCUT2D eigenvalue weighted by Crippen LogP contribution is -2.43. The molecule has 150 valence electrons. The SMILES string of the molecule is COc1ccc(CC(=O)N2CCC(S(=O)(=O)c3ccccc3)CC2)cc1OC. The number of piperidine rings is 1. The number of hydrogen-bond acceptors (Lipinski definition) is 5. The first-order chi connectivity index (χ1) is 13.5. The van der Waals surface area contributed by atoms with E-state index in [4.69, 9.17) is 9.47 Å². The number of carbonyl (C=O) groups is 1. The van der Waals surface area contributed by atoms with Gasteiger partial charge in [0.15, 0.2) is 21.3 Å². The van der Waals surface area contributed by atoms with Gasteiger partial charge in [-0.1, -0.05) is 24.3 Å². The van der Waals surface area contributed by atoms with Gasteiger partial charge in [0.25, 0.3) is 0 Å². The smallest absolute Gasteiger partial charge is 0.226 e. The zero-order valence-electron chi connectivity index (χ0n) is 16.1. The number of methoxy groups -OCH3 is 2. The Labute approximate surface area is 166 Å². The molecule has 0 spiro atoms. The molecule has 1 saturated heterocycles. The highest BCUT2D eigenvalue weighted by molar-refractivity contribution is 7.92. The van der Waals surface area contributed by atoms with Crippen LogP contribution in [0, 0.1) is 0 Å². The minimum Gasteiger partial charge on any atom is -0.493 e. The number of hydrogen-bond donors (Lipinski definition) is 0. The first-order valence-electron chi connectivity index (χ1n) is 9.23. The highest BCUT2D eigenvalue weighted by Gasteiger charge is 2.32. The molecule has 0 saturated carbocycles. The van der Waals surface area contributed by atoms with Gasteiger partial charge in [-0.2, -0.15) is 0 Å². The van der Waals surface area contributed by atoms with Crippen molar-refractivity contribution in [1.29, 1.82) is 0 Å². The Morgan fingerprint density at radius 3 is 2.25 bits per heavy atom. The molecule has 1 aliphatic heterocycles. The van der Waals surface area contributed by atoms with Gasteiger partial charge in [-0.25, -0.2) is 8.42 Å². The molecule has 1 heterocycles. The second-order valence-electron chi connectivity index (χ2n) is 6.80. The van der Waals surface area contributed by atoms with Crippen molar-refractivity contribution < 1.29 is 22.7 Å². The Morgan fingerprint density at radius 1 is 1.00 bits per heavy atom. The van der Waals surface area contributed by atoms with E-state index in [1.807, 2.05) is 6.07 Å². The third kappa shape index (κ3) is 4.30. The molecule has 1 amide bonds. The topological polar surface area (TPSA) is 72.9 Å². The largest absolute Gasteiger partial charge is 0.493 e. The maximum Gasteiger partial charge on any atom is 0.226 e. The standard InChI is InChI=1S/C21H25NO5S/c1-26-19-9-8-16(14-20(19)27-2)15-21(23)22-12-10-18(11-13-22)28(24,25)17-6-4-3-5-7-17/h3-9,14,18H,10-13,15H2,1-2H3. The summed E-state index contributed by atoms with van der Waals surface area (Å²) < 4.78 is 36.0. The Bertz CT molecular complexity index is 919. The summed E-state index contributed by atoms with van der Waals surface area (Å²) in [5.41, 5.74) is 0.835. The Balaban J connectivity index is 1.61. The number of sulfone groups is 1. The van der Waals surface area contributed by atoms with Crippen molar-refractivity contribution in [2.75, 3.05) is 27.3 Å². The summed E-state index contributed by atoms with van der Waals surface area (Å²) in [6.45, 7) is 0.895. The number of likely N-dealkylation sites (tertiary alicyclic amines) is 1. The highest BCUT2D eigenvalue weighted by Crippen LogP contribution is 2.28. The molecule has 0 aliphatic carbocycles. The zero-order chi connectivity index (χ0) is 20.1. The van der Waals surface area contributed by atoms with Crippen LogP contribution in [0.25, 0.3) is 0 Å². The summed E-state index contributed by atoms with van der Waals surface area (Å²) in [4.78, 5) is 14.7. The van der Waals surface area contributed by atoms with Crippen LogP contribution in [0.4, 0.5) is 0 Å². The van der Waals surface area contributed by atoms with E-state index in [1.54, 1.807) is 61.6 Å². The second-order valence-corrected chi connectivity index (χ2v) is 9.03. The quantitative estimate of drug-likeness (QED) is 0.742. The molecule has 0 bridgehead atoms. The van der Waals surface area contributed by atoms with E-state index in [1.165, 1.54) is 0 Å². The second kappa shape index (κ2) is 8.65. The van der Waals surface area contributed by atoms with Crippen molar-refractivity contribution in [3.05, 3.63) is 54.1 Å². The van der Waals surface area contributed by atoms with Crippen LogP contribution >= 0.6 is 0 Å². The predicted molar refractivity (Wildman–Crippen MR) is 106 cm³/mol. The number of amides is 1. The zero-order valence-corrected chi connectivity index (χ0v) is 16.9. The minimum atomic E-state index is -3.36. The summed E-state index contributed by atoms with van der Waals surface area (Å²) in [5.74, 6) is 1.19. The fourth-order valence-corrected chi connectivity index (χ4v) is 5.25. The van der Waals surface area contributed by atoms with E-state index >= 15 is 0 Å². The van der Waals surface area contributed by atoms with Gasteiger partial charge in [-0.3, -0.25) is 4.79 Å². The highest BCUT2D eigenvalue weighted by atomic mass is 32.2. The fourth-order valence-electron chi connectivity index (χ4n) is 3.50. The molecule has 1 fully saturated rings. The van der Waals surface area contributed by atoms with Crippen LogP contribution in [-0.2, 0) is 21.1 Å². The average Bonchev–Trinajstić information content (AvgIpc) is 2.74. The van der Waals surface area contributed by atoms with Crippen LogP contribution in [0.15, 0.2) is 53.4 Å². The minimum absolute atomic E-state index is 0.0113. The van der Waals surface area contributed by atoms with Crippen molar-refractivity contribution >= 4 is 15.7 Å². The monoisotopic (exact) mass is 403 g/mol. The molecule has 2 aromatic carbocycles. The van der Waals surface area contributed by atoms with E-state index in [0.717, 1.165) is 5.56 Å². The lowest BCUT2D eigenvalue weighted by atomic mass is 10.1. The summed E-state index contributed by atoms with van der Waals surface area (Å²) in [6.07, 6.45) is 1.15. The third-order valence-electron chi connectivity index (χ3n) is 5.11. The van der Waals surface area contributed by atoms with Crippen molar-refractivity contribution in [3.8, 4) is 11.5 Å². The molecular weight excluding hydrogens is 378 g/mol. The normalized spacial score (nSPS) is 15.3. The summed E-state index contributed by atoms with van der Waals surface area (Å²) >= 11 is 0. The molecule has 0 atom stereocenters. The van der Waals surface area contributed by atoms with Gasteiger partial charge < -0.3 is 14.4 Å². The van der Waals surface area contributed by atoms with Gasteiger partial charge >= 0.3 is 0 Å². The van der Waals surface area contributed by atoms with Gasteiger partial charge in [-0.05, 0) is 42.7 Å². The van der Waals surface area contributed by atoms with Crippen LogP contribution < -0.4 is 9.47 Å². The molecule has 0 unspecified atom stereocenters. The van der Waals surface area contributed by atoms with Crippen LogP contribution in [0.1, 0.15) is 18.4 Å². The first-order valence-corrected chi connectivity index (χ1v) is 10.8. The Kier molecular flexibility index (Phi) is 6.24. The van der Waals surface area contributed by atoms with E-state index in [2.05, 4.69) is 0 Å². The maximum absolute atomic E-state index is 12.8. The number of ether oxygens (including phenoxy) is 2. The first kappa shape index (κ1) is 20.2. The van der Waals surface area contributed by atoms with Crippen molar-refractivity contribution in [2.45, 2.75) is 29.4 Å². The van der Waals surface area contributed by atoms with Gasteiger partial charge in [0.2, 0.25) is 5.91 Å². The van der Waals surface area contributed by atoms with Crippen LogP contribution in [-0.4, -0.2) is 51.8 Å². The van der Waals surface area contributed by atoms with Gasteiger partial charge in [0.05, 0.1) is 30.8 Å². The maximum atomic E-state index is 12.8. The molecular formula is C21H25NO5S. The lowest BCUT2D eigenvalue weighted by molar-refractivity contribution is -0.131. The van der Waals surface area contributed by atoms with Gasteiger partial charge in [0.1, 0.15) is 0 Å². The molecule has 2 aromatic rings. The van der Waals surface area contributed by atoms with Crippen LogP contribution in [0.5, 0.6) is 11.5 Å². The summed E-state index contributed by atoms with van der Waals surface area (Å²) in [5, 5.41) is -0.444. The molecule has 0 aromatic heterocycles. The van der Waals surface area contributed by atoms with E-state index in [-0.39, 0.29) is 12.3 Å². The van der Waals surface area contributed by atoms with Gasteiger partial charge in [0, 0.05) is 13.1 Å². The van der Waals surface area contributed by atoms with E-state index in [9.17, 15) is 13.2 Å². The number of rotatable bonds is 6. The summed E-state index contributed by atoms with van der Waals surface area (Å²) in [7, 11) is -0.232. The third-order valence-corrected chi connectivity index (χ3v) is 7.39. The van der Waals surface area contributed by atoms with Crippen molar-refractivity contribution in [1.82, 2.24) is 4.90 Å². The lowest BCUT2D eigenvalue weighted by Gasteiger charge is -2.32. The van der Waals surface area contributed by atoms with E-state index in [0.29, 0.717) is 42.3 Å². The molecule has 28 heavy (non-hydrogen) atoms. The molecule has 7 heteroatoms. The summed E-state index contributed by atoms with van der Waals surface area (Å²) in [6, 6.07) is 13.9. The molecule has 0 radical (unpaired) electrons.